The van der Waals surface area contributed by atoms with Crippen LogP contribution in [0.2, 0.25) is 0 Å². The van der Waals surface area contributed by atoms with E-state index in [9.17, 15) is 0 Å². The van der Waals surface area contributed by atoms with Crippen molar-refractivity contribution >= 4 is 15.9 Å². The lowest BCUT2D eigenvalue weighted by Crippen LogP contribution is -1.98. The number of aromatic nitrogens is 2. The molecule has 0 saturated carbocycles. The molecule has 1 aromatic heterocycles. The lowest BCUT2D eigenvalue weighted by atomic mass is 10.2. The molecule has 0 aliphatic heterocycles. The molecule has 0 bridgehead atoms. The van der Waals surface area contributed by atoms with Crippen LogP contribution in [0.1, 0.15) is 11.4 Å². The van der Waals surface area contributed by atoms with Gasteiger partial charge in [0.15, 0.2) is 0 Å². The molecule has 0 unspecified atom stereocenters. The molecule has 0 aliphatic rings. The molecule has 0 saturated heterocycles. The summed E-state index contributed by atoms with van der Waals surface area (Å²) in [5.74, 6) is 1.70. The van der Waals surface area contributed by atoms with E-state index in [1.165, 1.54) is 0 Å². The summed E-state index contributed by atoms with van der Waals surface area (Å²) in [6, 6.07) is 7.92. The van der Waals surface area contributed by atoms with Crippen molar-refractivity contribution in [3.8, 4) is 5.75 Å². The second kappa shape index (κ2) is 4.49. The molecule has 1 heterocycles. The highest BCUT2D eigenvalue weighted by Crippen LogP contribution is 2.17. The third-order valence-electron chi connectivity index (χ3n) is 2.06. The highest BCUT2D eigenvalue weighted by atomic mass is 79.9. The Balaban J connectivity index is 2.02. The first-order valence-electron chi connectivity index (χ1n) is 4.63. The number of halogens is 1. The van der Waals surface area contributed by atoms with Gasteiger partial charge in [0.2, 0.25) is 0 Å². The van der Waals surface area contributed by atoms with E-state index < -0.39 is 0 Å². The van der Waals surface area contributed by atoms with Crippen LogP contribution in [0, 0.1) is 6.92 Å². The molecule has 15 heavy (non-hydrogen) atoms. The SMILES string of the molecule is Cc1ccccc1OCc1ncc(Br)[nH]1. The zero-order valence-electron chi connectivity index (χ0n) is 8.33. The van der Waals surface area contributed by atoms with Gasteiger partial charge in [-0.25, -0.2) is 4.98 Å². The summed E-state index contributed by atoms with van der Waals surface area (Å²) < 4.78 is 6.49. The molecule has 0 atom stereocenters. The average Bonchev–Trinajstić information content (AvgIpc) is 2.63. The number of ether oxygens (including phenoxy) is 1. The number of aromatic amines is 1. The number of hydrogen-bond donors (Lipinski definition) is 1. The van der Waals surface area contributed by atoms with Crippen molar-refractivity contribution in [2.24, 2.45) is 0 Å². The fourth-order valence-corrected chi connectivity index (χ4v) is 1.61. The molecule has 1 N–H and O–H groups in total. The van der Waals surface area contributed by atoms with Gasteiger partial charge in [0.1, 0.15) is 22.8 Å². The molecule has 2 aromatic rings. The zero-order valence-corrected chi connectivity index (χ0v) is 9.91. The van der Waals surface area contributed by atoms with E-state index >= 15 is 0 Å². The van der Waals surface area contributed by atoms with Crippen molar-refractivity contribution in [1.29, 1.82) is 0 Å². The van der Waals surface area contributed by atoms with Crippen LogP contribution < -0.4 is 4.74 Å². The van der Waals surface area contributed by atoms with E-state index in [4.69, 9.17) is 4.74 Å². The molecule has 0 fully saturated rings. The quantitative estimate of drug-likeness (QED) is 0.928. The molecule has 0 spiro atoms. The summed E-state index contributed by atoms with van der Waals surface area (Å²) in [5, 5.41) is 0. The van der Waals surface area contributed by atoms with Crippen molar-refractivity contribution in [3.63, 3.8) is 0 Å². The summed E-state index contributed by atoms with van der Waals surface area (Å²) in [7, 11) is 0. The Morgan fingerprint density at radius 1 is 1.40 bits per heavy atom. The third kappa shape index (κ3) is 2.59. The fourth-order valence-electron chi connectivity index (χ4n) is 1.27. The second-order valence-electron chi connectivity index (χ2n) is 3.23. The van der Waals surface area contributed by atoms with Gasteiger partial charge in [0.05, 0.1) is 6.20 Å². The number of rotatable bonds is 3. The van der Waals surface area contributed by atoms with Crippen LogP contribution in [-0.4, -0.2) is 9.97 Å². The number of para-hydroxylation sites is 1. The Bertz CT molecular complexity index is 453. The van der Waals surface area contributed by atoms with Crippen LogP contribution in [0.3, 0.4) is 0 Å². The number of benzene rings is 1. The van der Waals surface area contributed by atoms with E-state index in [0.29, 0.717) is 6.61 Å². The number of imidazole rings is 1. The smallest absolute Gasteiger partial charge is 0.146 e. The van der Waals surface area contributed by atoms with Crippen molar-refractivity contribution in [1.82, 2.24) is 9.97 Å². The molecule has 0 aliphatic carbocycles. The van der Waals surface area contributed by atoms with Crippen LogP contribution in [-0.2, 0) is 6.61 Å². The number of hydrogen-bond acceptors (Lipinski definition) is 2. The first-order chi connectivity index (χ1) is 7.25. The Labute approximate surface area is 96.6 Å². The van der Waals surface area contributed by atoms with Gasteiger partial charge in [0, 0.05) is 0 Å². The van der Waals surface area contributed by atoms with Gasteiger partial charge in [-0.05, 0) is 34.5 Å². The minimum absolute atomic E-state index is 0.455. The van der Waals surface area contributed by atoms with E-state index in [1.54, 1.807) is 6.20 Å². The molecular formula is C11H11BrN2O. The number of aryl methyl sites for hydroxylation is 1. The highest BCUT2D eigenvalue weighted by Gasteiger charge is 2.01. The Morgan fingerprint density at radius 2 is 2.20 bits per heavy atom. The Kier molecular flexibility index (Phi) is 3.06. The standard InChI is InChI=1S/C11H11BrN2O/c1-8-4-2-3-5-9(8)15-7-11-13-6-10(12)14-11/h2-6H,7H2,1H3,(H,13,14). The van der Waals surface area contributed by atoms with Gasteiger partial charge in [-0.1, -0.05) is 18.2 Å². The predicted octanol–water partition coefficient (Wildman–Crippen LogP) is 3.06. The molecule has 0 radical (unpaired) electrons. The summed E-state index contributed by atoms with van der Waals surface area (Å²) in [6.07, 6.45) is 1.72. The van der Waals surface area contributed by atoms with Gasteiger partial charge in [-0.2, -0.15) is 0 Å². The van der Waals surface area contributed by atoms with Crippen LogP contribution in [0.5, 0.6) is 5.75 Å². The summed E-state index contributed by atoms with van der Waals surface area (Å²) in [5.41, 5.74) is 1.13. The lowest BCUT2D eigenvalue weighted by molar-refractivity contribution is 0.295. The van der Waals surface area contributed by atoms with Crippen LogP contribution in [0.4, 0.5) is 0 Å². The molecule has 0 amide bonds. The molecular weight excluding hydrogens is 256 g/mol. The second-order valence-corrected chi connectivity index (χ2v) is 4.09. The monoisotopic (exact) mass is 266 g/mol. The van der Waals surface area contributed by atoms with E-state index in [1.807, 2.05) is 31.2 Å². The number of nitrogens with zero attached hydrogens (tertiary/aromatic N) is 1. The molecule has 2 rings (SSSR count). The molecule has 78 valence electrons. The molecule has 4 heteroatoms. The summed E-state index contributed by atoms with van der Waals surface area (Å²) in [6.45, 7) is 2.48. The number of nitrogens with one attached hydrogen (secondary N) is 1. The minimum atomic E-state index is 0.455. The van der Waals surface area contributed by atoms with E-state index in [-0.39, 0.29) is 0 Å². The largest absolute Gasteiger partial charge is 0.485 e. The Hall–Kier alpha value is -1.29. The molecule has 3 nitrogen and oxygen atoms in total. The fraction of sp³-hybridized carbons (Fsp3) is 0.182. The van der Waals surface area contributed by atoms with Crippen molar-refractivity contribution in [2.45, 2.75) is 13.5 Å². The van der Waals surface area contributed by atoms with E-state index in [0.717, 1.165) is 21.7 Å². The average molecular weight is 267 g/mol. The van der Waals surface area contributed by atoms with Gasteiger partial charge in [-0.15, -0.1) is 0 Å². The Morgan fingerprint density at radius 3 is 2.87 bits per heavy atom. The number of H-pyrrole nitrogens is 1. The summed E-state index contributed by atoms with van der Waals surface area (Å²) >= 11 is 3.30. The van der Waals surface area contributed by atoms with Crippen LogP contribution in [0.15, 0.2) is 35.1 Å². The predicted molar refractivity (Wildman–Crippen MR) is 61.8 cm³/mol. The van der Waals surface area contributed by atoms with Crippen LogP contribution >= 0.6 is 15.9 Å². The van der Waals surface area contributed by atoms with Gasteiger partial charge >= 0.3 is 0 Å². The highest BCUT2D eigenvalue weighted by molar-refractivity contribution is 9.10. The van der Waals surface area contributed by atoms with Gasteiger partial charge < -0.3 is 9.72 Å². The topological polar surface area (TPSA) is 37.9 Å². The van der Waals surface area contributed by atoms with Gasteiger partial charge in [-0.3, -0.25) is 0 Å². The zero-order chi connectivity index (χ0) is 10.7. The van der Waals surface area contributed by atoms with Crippen LogP contribution in [0.25, 0.3) is 0 Å². The first kappa shape index (κ1) is 10.2. The maximum Gasteiger partial charge on any atom is 0.146 e. The van der Waals surface area contributed by atoms with Crippen molar-refractivity contribution < 1.29 is 4.74 Å². The normalized spacial score (nSPS) is 10.3. The van der Waals surface area contributed by atoms with Crippen molar-refractivity contribution in [2.75, 3.05) is 0 Å². The molecule has 1 aromatic carbocycles. The maximum atomic E-state index is 5.62. The first-order valence-corrected chi connectivity index (χ1v) is 5.43. The lowest BCUT2D eigenvalue weighted by Gasteiger charge is -2.06. The van der Waals surface area contributed by atoms with E-state index in [2.05, 4.69) is 25.9 Å². The third-order valence-corrected chi connectivity index (χ3v) is 2.46. The van der Waals surface area contributed by atoms with Gasteiger partial charge in [0.25, 0.3) is 0 Å². The summed E-state index contributed by atoms with van der Waals surface area (Å²) in [4.78, 5) is 7.18. The minimum Gasteiger partial charge on any atom is -0.485 e. The maximum absolute atomic E-state index is 5.62. The van der Waals surface area contributed by atoms with Crippen molar-refractivity contribution in [3.05, 3.63) is 46.5 Å².